The highest BCUT2D eigenvalue weighted by Crippen LogP contribution is 2.29. The van der Waals surface area contributed by atoms with E-state index in [4.69, 9.17) is 0 Å². The molecule has 2 N–H and O–H groups in total. The van der Waals surface area contributed by atoms with Crippen molar-refractivity contribution in [1.29, 1.82) is 0 Å². The molecule has 0 saturated carbocycles. The van der Waals surface area contributed by atoms with Crippen molar-refractivity contribution >= 4 is 27.5 Å². The molecule has 18 heavy (non-hydrogen) atoms. The third-order valence-corrected chi connectivity index (χ3v) is 3.95. The summed E-state index contributed by atoms with van der Waals surface area (Å²) in [5.74, 6) is 0.0528. The summed E-state index contributed by atoms with van der Waals surface area (Å²) in [7, 11) is 0. The lowest BCUT2D eigenvalue weighted by Crippen LogP contribution is -2.54. The zero-order valence-corrected chi connectivity index (χ0v) is 12.1. The van der Waals surface area contributed by atoms with Crippen LogP contribution in [0.3, 0.4) is 0 Å². The Morgan fingerprint density at radius 3 is 2.89 bits per heavy atom. The predicted molar refractivity (Wildman–Crippen MR) is 74.6 cm³/mol. The fourth-order valence-electron chi connectivity index (χ4n) is 2.17. The van der Waals surface area contributed by atoms with Gasteiger partial charge in [-0.1, -0.05) is 22.0 Å². The highest BCUT2D eigenvalue weighted by Gasteiger charge is 2.25. The van der Waals surface area contributed by atoms with Gasteiger partial charge in [-0.15, -0.1) is 0 Å². The van der Waals surface area contributed by atoms with E-state index in [-0.39, 0.29) is 11.9 Å². The van der Waals surface area contributed by atoms with Crippen LogP contribution in [0.15, 0.2) is 22.7 Å². The number of nitrogens with one attached hydrogen (secondary N) is 1. The minimum absolute atomic E-state index is 0.0528. The molecule has 4 nitrogen and oxygen atoms in total. The van der Waals surface area contributed by atoms with Crippen molar-refractivity contribution < 1.29 is 9.90 Å². The highest BCUT2D eigenvalue weighted by atomic mass is 79.9. The number of halogens is 1. The Bertz CT molecular complexity index is 462. The first-order chi connectivity index (χ1) is 8.50. The number of nitrogens with zero attached hydrogens (tertiary/aromatic N) is 1. The van der Waals surface area contributed by atoms with E-state index in [2.05, 4.69) is 26.1 Å². The standard InChI is InChI=1S/C13H17BrN2O2/c1-8-13(18)15-5-6-16(8)10-3-4-11(9(2)17)12(14)7-10/h3-4,7-9,17H,5-6H2,1-2H3,(H,15,18)/t8?,9-/m1/s1. The summed E-state index contributed by atoms with van der Waals surface area (Å²) in [6.07, 6.45) is -0.504. The van der Waals surface area contributed by atoms with Gasteiger partial charge in [-0.2, -0.15) is 0 Å². The van der Waals surface area contributed by atoms with Gasteiger partial charge < -0.3 is 15.3 Å². The summed E-state index contributed by atoms with van der Waals surface area (Å²) in [4.78, 5) is 13.7. The molecular formula is C13H17BrN2O2. The van der Waals surface area contributed by atoms with Crippen LogP contribution in [0.1, 0.15) is 25.5 Å². The third-order valence-electron chi connectivity index (χ3n) is 3.26. The number of aliphatic hydroxyl groups excluding tert-OH is 1. The molecular weight excluding hydrogens is 296 g/mol. The van der Waals surface area contributed by atoms with Gasteiger partial charge in [0.2, 0.25) is 5.91 Å². The van der Waals surface area contributed by atoms with Crippen LogP contribution in [0.2, 0.25) is 0 Å². The second-order valence-electron chi connectivity index (χ2n) is 4.54. The van der Waals surface area contributed by atoms with Crippen LogP contribution < -0.4 is 10.2 Å². The largest absolute Gasteiger partial charge is 0.389 e. The third kappa shape index (κ3) is 2.52. The maximum absolute atomic E-state index is 11.6. The van der Waals surface area contributed by atoms with E-state index in [0.717, 1.165) is 22.3 Å². The van der Waals surface area contributed by atoms with Crippen LogP contribution in [-0.2, 0) is 4.79 Å². The molecule has 1 aliphatic heterocycles. The molecule has 0 bridgehead atoms. The highest BCUT2D eigenvalue weighted by molar-refractivity contribution is 9.10. The minimum atomic E-state index is -0.504. The number of piperazine rings is 1. The zero-order chi connectivity index (χ0) is 13.3. The van der Waals surface area contributed by atoms with Gasteiger partial charge in [-0.05, 0) is 31.5 Å². The van der Waals surface area contributed by atoms with Gasteiger partial charge in [0, 0.05) is 23.2 Å². The van der Waals surface area contributed by atoms with Crippen molar-refractivity contribution in [2.75, 3.05) is 18.0 Å². The topological polar surface area (TPSA) is 52.6 Å². The molecule has 1 fully saturated rings. The van der Waals surface area contributed by atoms with Gasteiger partial charge in [0.1, 0.15) is 6.04 Å². The van der Waals surface area contributed by atoms with Crippen LogP contribution in [0.25, 0.3) is 0 Å². The van der Waals surface area contributed by atoms with Gasteiger partial charge in [-0.25, -0.2) is 0 Å². The van der Waals surface area contributed by atoms with Crippen LogP contribution in [0.5, 0.6) is 0 Å². The lowest BCUT2D eigenvalue weighted by atomic mass is 10.1. The molecule has 0 aromatic heterocycles. The van der Waals surface area contributed by atoms with E-state index in [0.29, 0.717) is 6.54 Å². The Kier molecular flexibility index (Phi) is 3.92. The maximum atomic E-state index is 11.6. The first-order valence-corrected chi connectivity index (χ1v) is 6.82. The fraction of sp³-hybridized carbons (Fsp3) is 0.462. The van der Waals surface area contributed by atoms with E-state index >= 15 is 0 Å². The summed E-state index contributed by atoms with van der Waals surface area (Å²) in [6, 6.07) is 5.63. The minimum Gasteiger partial charge on any atom is -0.389 e. The van der Waals surface area contributed by atoms with Crippen molar-refractivity contribution in [2.24, 2.45) is 0 Å². The molecule has 5 heteroatoms. The summed E-state index contributed by atoms with van der Waals surface area (Å²) < 4.78 is 0.869. The summed E-state index contributed by atoms with van der Waals surface area (Å²) in [5, 5.41) is 12.4. The average molecular weight is 313 g/mol. The molecule has 0 radical (unpaired) electrons. The Hall–Kier alpha value is -1.07. The average Bonchev–Trinajstić information content (AvgIpc) is 2.32. The van der Waals surface area contributed by atoms with Crippen LogP contribution >= 0.6 is 15.9 Å². The first kappa shape index (κ1) is 13.4. The Balaban J connectivity index is 2.28. The molecule has 1 heterocycles. The van der Waals surface area contributed by atoms with Gasteiger partial charge >= 0.3 is 0 Å². The van der Waals surface area contributed by atoms with Gasteiger partial charge in [-0.3, -0.25) is 4.79 Å². The molecule has 1 amide bonds. The monoisotopic (exact) mass is 312 g/mol. The molecule has 2 rings (SSSR count). The SMILES string of the molecule is CC1C(=O)NCCN1c1ccc([C@@H](C)O)c(Br)c1. The van der Waals surface area contributed by atoms with E-state index in [9.17, 15) is 9.90 Å². The van der Waals surface area contributed by atoms with Crippen molar-refractivity contribution in [2.45, 2.75) is 26.0 Å². The van der Waals surface area contributed by atoms with Crippen LogP contribution in [-0.4, -0.2) is 30.1 Å². The molecule has 1 aromatic carbocycles. The van der Waals surface area contributed by atoms with Gasteiger partial charge in [0.15, 0.2) is 0 Å². The van der Waals surface area contributed by atoms with Crippen LogP contribution in [0.4, 0.5) is 5.69 Å². The summed E-state index contributed by atoms with van der Waals surface area (Å²) in [5.41, 5.74) is 1.85. The quantitative estimate of drug-likeness (QED) is 0.876. The van der Waals surface area contributed by atoms with Gasteiger partial charge in [0.05, 0.1) is 6.10 Å². The molecule has 2 atom stereocenters. The predicted octanol–water partition coefficient (Wildman–Crippen LogP) is 1.83. The number of aliphatic hydroxyl groups is 1. The smallest absolute Gasteiger partial charge is 0.242 e. The number of hydrogen-bond acceptors (Lipinski definition) is 3. The van der Waals surface area contributed by atoms with Crippen molar-refractivity contribution in [3.05, 3.63) is 28.2 Å². The number of carbonyl (C=O) groups excluding carboxylic acids is 1. The zero-order valence-electron chi connectivity index (χ0n) is 10.5. The van der Waals surface area contributed by atoms with E-state index in [1.807, 2.05) is 25.1 Å². The number of carbonyl (C=O) groups is 1. The fourth-order valence-corrected chi connectivity index (χ4v) is 2.87. The van der Waals surface area contributed by atoms with Crippen molar-refractivity contribution in [3.63, 3.8) is 0 Å². The second-order valence-corrected chi connectivity index (χ2v) is 5.40. The molecule has 1 saturated heterocycles. The van der Waals surface area contributed by atoms with Gasteiger partial charge in [0.25, 0.3) is 0 Å². The first-order valence-electron chi connectivity index (χ1n) is 6.02. The Morgan fingerprint density at radius 1 is 1.56 bits per heavy atom. The number of anilines is 1. The number of amides is 1. The molecule has 0 spiro atoms. The Labute approximate surface area is 115 Å². The van der Waals surface area contributed by atoms with Crippen LogP contribution in [0, 0.1) is 0 Å². The number of hydrogen-bond donors (Lipinski definition) is 2. The lowest BCUT2D eigenvalue weighted by Gasteiger charge is -2.35. The molecule has 1 unspecified atom stereocenters. The van der Waals surface area contributed by atoms with E-state index in [1.165, 1.54) is 0 Å². The summed E-state index contributed by atoms with van der Waals surface area (Å²) in [6.45, 7) is 5.09. The summed E-state index contributed by atoms with van der Waals surface area (Å²) >= 11 is 3.46. The maximum Gasteiger partial charge on any atom is 0.242 e. The van der Waals surface area contributed by atoms with Crippen molar-refractivity contribution in [3.8, 4) is 0 Å². The molecule has 0 aliphatic carbocycles. The molecule has 98 valence electrons. The van der Waals surface area contributed by atoms with E-state index < -0.39 is 6.10 Å². The molecule has 1 aromatic rings. The lowest BCUT2D eigenvalue weighted by molar-refractivity contribution is -0.122. The molecule has 1 aliphatic rings. The Morgan fingerprint density at radius 2 is 2.28 bits per heavy atom. The normalized spacial score (nSPS) is 21.7. The number of rotatable bonds is 2. The van der Waals surface area contributed by atoms with Crippen molar-refractivity contribution in [1.82, 2.24) is 5.32 Å². The number of benzene rings is 1. The second kappa shape index (κ2) is 5.28. The van der Waals surface area contributed by atoms with E-state index in [1.54, 1.807) is 6.92 Å².